The van der Waals surface area contributed by atoms with Crippen molar-refractivity contribution in [2.24, 2.45) is 0 Å². The highest BCUT2D eigenvalue weighted by Gasteiger charge is 2.32. The van der Waals surface area contributed by atoms with E-state index in [2.05, 4.69) is 15.1 Å². The van der Waals surface area contributed by atoms with Gasteiger partial charge in [-0.1, -0.05) is 29.4 Å². The number of nitrogens with zero attached hydrogens (tertiary/aromatic N) is 4. The van der Waals surface area contributed by atoms with Crippen molar-refractivity contribution in [2.75, 3.05) is 13.1 Å². The van der Waals surface area contributed by atoms with E-state index in [1.165, 1.54) is 0 Å². The first-order valence-electron chi connectivity index (χ1n) is 8.32. The average Bonchev–Trinajstić information content (AvgIpc) is 3.32. The minimum atomic E-state index is 0.0602. The van der Waals surface area contributed by atoms with Gasteiger partial charge >= 0.3 is 0 Å². The van der Waals surface area contributed by atoms with Crippen LogP contribution in [0.1, 0.15) is 34.2 Å². The molecule has 25 heavy (non-hydrogen) atoms. The molecule has 1 amide bonds. The molecule has 1 fully saturated rings. The lowest BCUT2D eigenvalue weighted by Crippen LogP contribution is -2.29. The summed E-state index contributed by atoms with van der Waals surface area (Å²) in [5.41, 5.74) is 2.43. The van der Waals surface area contributed by atoms with E-state index < -0.39 is 0 Å². The van der Waals surface area contributed by atoms with Crippen LogP contribution in [0.2, 0.25) is 0 Å². The molecule has 1 saturated heterocycles. The van der Waals surface area contributed by atoms with Gasteiger partial charge in [0.1, 0.15) is 5.69 Å². The first kappa shape index (κ1) is 15.5. The first-order chi connectivity index (χ1) is 12.2. The van der Waals surface area contributed by atoms with Crippen LogP contribution < -0.4 is 0 Å². The van der Waals surface area contributed by atoms with Crippen LogP contribution in [0.25, 0.3) is 11.5 Å². The number of amides is 1. The highest BCUT2D eigenvalue weighted by atomic mass is 16.5. The fraction of sp³-hybridized carbons (Fsp3) is 0.263. The van der Waals surface area contributed by atoms with Crippen LogP contribution in [0.3, 0.4) is 0 Å². The van der Waals surface area contributed by atoms with Crippen LogP contribution in [-0.4, -0.2) is 39.0 Å². The van der Waals surface area contributed by atoms with Gasteiger partial charge in [-0.2, -0.15) is 4.98 Å². The van der Waals surface area contributed by atoms with E-state index in [9.17, 15) is 4.79 Å². The number of pyridine rings is 1. The SMILES string of the molecule is Cc1ccccc1C(=O)N1CC[C@H](c2nc(-c3ccccn3)no2)C1. The zero-order valence-electron chi connectivity index (χ0n) is 13.9. The maximum atomic E-state index is 12.7. The summed E-state index contributed by atoms with van der Waals surface area (Å²) in [7, 11) is 0. The summed E-state index contributed by atoms with van der Waals surface area (Å²) in [5, 5.41) is 4.02. The van der Waals surface area contributed by atoms with Crippen molar-refractivity contribution in [3.8, 4) is 11.5 Å². The van der Waals surface area contributed by atoms with Crippen LogP contribution in [0.5, 0.6) is 0 Å². The number of hydrogen-bond donors (Lipinski definition) is 0. The molecule has 0 unspecified atom stereocenters. The first-order valence-corrected chi connectivity index (χ1v) is 8.32. The second kappa shape index (κ2) is 6.47. The Morgan fingerprint density at radius 3 is 2.84 bits per heavy atom. The van der Waals surface area contributed by atoms with Crippen molar-refractivity contribution in [1.82, 2.24) is 20.0 Å². The predicted molar refractivity (Wildman–Crippen MR) is 92.0 cm³/mol. The lowest BCUT2D eigenvalue weighted by atomic mass is 10.1. The van der Waals surface area contributed by atoms with Gasteiger partial charge in [-0.05, 0) is 37.1 Å². The van der Waals surface area contributed by atoms with Crippen molar-refractivity contribution in [3.05, 3.63) is 65.7 Å². The Morgan fingerprint density at radius 1 is 1.20 bits per heavy atom. The molecule has 0 saturated carbocycles. The fourth-order valence-electron chi connectivity index (χ4n) is 3.13. The molecule has 1 aliphatic heterocycles. The van der Waals surface area contributed by atoms with Crippen molar-refractivity contribution in [1.29, 1.82) is 0 Å². The number of likely N-dealkylation sites (tertiary alicyclic amines) is 1. The third-order valence-electron chi connectivity index (χ3n) is 4.54. The Kier molecular flexibility index (Phi) is 4.01. The highest BCUT2D eigenvalue weighted by molar-refractivity contribution is 5.95. The third-order valence-corrected chi connectivity index (χ3v) is 4.54. The van der Waals surface area contributed by atoms with E-state index in [1.54, 1.807) is 6.20 Å². The second-order valence-electron chi connectivity index (χ2n) is 6.22. The van der Waals surface area contributed by atoms with Crippen molar-refractivity contribution < 1.29 is 9.32 Å². The molecule has 0 bridgehead atoms. The monoisotopic (exact) mass is 334 g/mol. The number of carbonyl (C=O) groups is 1. The van der Waals surface area contributed by atoms with Gasteiger partial charge in [0.15, 0.2) is 0 Å². The summed E-state index contributed by atoms with van der Waals surface area (Å²) < 4.78 is 5.42. The third kappa shape index (κ3) is 3.03. The molecule has 1 aromatic carbocycles. The van der Waals surface area contributed by atoms with Crippen molar-refractivity contribution in [2.45, 2.75) is 19.3 Å². The molecule has 3 aromatic rings. The quantitative estimate of drug-likeness (QED) is 0.736. The molecule has 0 radical (unpaired) electrons. The molecule has 0 aliphatic carbocycles. The van der Waals surface area contributed by atoms with E-state index >= 15 is 0 Å². The average molecular weight is 334 g/mol. The minimum Gasteiger partial charge on any atom is -0.339 e. The highest BCUT2D eigenvalue weighted by Crippen LogP contribution is 2.28. The Bertz CT molecular complexity index is 891. The summed E-state index contributed by atoms with van der Waals surface area (Å²) in [4.78, 5) is 23.3. The topological polar surface area (TPSA) is 72.1 Å². The van der Waals surface area contributed by atoms with Gasteiger partial charge < -0.3 is 9.42 Å². The Balaban J connectivity index is 1.49. The Labute approximate surface area is 145 Å². The van der Waals surface area contributed by atoms with E-state index in [0.717, 1.165) is 17.5 Å². The fourth-order valence-corrected chi connectivity index (χ4v) is 3.13. The maximum Gasteiger partial charge on any atom is 0.254 e. The number of benzene rings is 1. The van der Waals surface area contributed by atoms with E-state index in [4.69, 9.17) is 4.52 Å². The van der Waals surface area contributed by atoms with Gasteiger partial charge in [-0.25, -0.2) is 0 Å². The van der Waals surface area contributed by atoms with Crippen LogP contribution >= 0.6 is 0 Å². The van der Waals surface area contributed by atoms with E-state index in [1.807, 2.05) is 54.3 Å². The summed E-state index contributed by atoms with van der Waals surface area (Å²) in [5.74, 6) is 1.18. The molecule has 0 N–H and O–H groups in total. The van der Waals surface area contributed by atoms with Gasteiger partial charge in [0.25, 0.3) is 5.91 Å². The van der Waals surface area contributed by atoms with E-state index in [0.29, 0.717) is 30.5 Å². The number of carbonyl (C=O) groups excluding carboxylic acids is 1. The molecular formula is C19H18N4O2. The molecule has 126 valence electrons. The maximum absolute atomic E-state index is 12.7. The van der Waals surface area contributed by atoms with Gasteiger partial charge in [0.2, 0.25) is 11.7 Å². The number of aryl methyl sites for hydroxylation is 1. The molecule has 1 aliphatic rings. The summed E-state index contributed by atoms with van der Waals surface area (Å²) >= 11 is 0. The zero-order chi connectivity index (χ0) is 17.2. The molecule has 6 heteroatoms. The number of hydrogen-bond acceptors (Lipinski definition) is 5. The minimum absolute atomic E-state index is 0.0602. The summed E-state index contributed by atoms with van der Waals surface area (Å²) in [6.07, 6.45) is 2.52. The molecule has 2 aromatic heterocycles. The number of rotatable bonds is 3. The van der Waals surface area contributed by atoms with E-state index in [-0.39, 0.29) is 11.8 Å². The van der Waals surface area contributed by atoms with Gasteiger partial charge in [0.05, 0.1) is 5.92 Å². The summed E-state index contributed by atoms with van der Waals surface area (Å²) in [6, 6.07) is 13.2. The van der Waals surface area contributed by atoms with Crippen LogP contribution in [0, 0.1) is 6.92 Å². The lowest BCUT2D eigenvalue weighted by molar-refractivity contribution is 0.0789. The predicted octanol–water partition coefficient (Wildman–Crippen LogP) is 3.07. The van der Waals surface area contributed by atoms with Crippen LogP contribution in [0.4, 0.5) is 0 Å². The zero-order valence-corrected chi connectivity index (χ0v) is 13.9. The molecular weight excluding hydrogens is 316 g/mol. The largest absolute Gasteiger partial charge is 0.339 e. The van der Waals surface area contributed by atoms with Crippen LogP contribution in [-0.2, 0) is 0 Å². The normalized spacial score (nSPS) is 17.0. The van der Waals surface area contributed by atoms with Crippen LogP contribution in [0.15, 0.2) is 53.2 Å². The molecule has 1 atom stereocenters. The molecule has 6 nitrogen and oxygen atoms in total. The molecule has 4 rings (SSSR count). The van der Waals surface area contributed by atoms with Crippen molar-refractivity contribution >= 4 is 5.91 Å². The van der Waals surface area contributed by atoms with Crippen molar-refractivity contribution in [3.63, 3.8) is 0 Å². The van der Waals surface area contributed by atoms with Gasteiger partial charge in [0, 0.05) is 24.8 Å². The Morgan fingerprint density at radius 2 is 2.04 bits per heavy atom. The van der Waals surface area contributed by atoms with Gasteiger partial charge in [-0.3, -0.25) is 9.78 Å². The molecule has 3 heterocycles. The smallest absolute Gasteiger partial charge is 0.254 e. The standard InChI is InChI=1S/C19H18N4O2/c1-13-6-2-3-7-15(13)19(24)23-11-9-14(12-23)18-21-17(22-25-18)16-8-4-5-10-20-16/h2-8,10,14H,9,11-12H2,1H3/t14-/m0/s1. The Hall–Kier alpha value is -3.02. The number of aromatic nitrogens is 3. The van der Waals surface area contributed by atoms with Gasteiger partial charge in [-0.15, -0.1) is 0 Å². The second-order valence-corrected chi connectivity index (χ2v) is 6.22. The molecule has 0 spiro atoms. The lowest BCUT2D eigenvalue weighted by Gasteiger charge is -2.17. The summed E-state index contributed by atoms with van der Waals surface area (Å²) in [6.45, 7) is 3.24.